The third-order valence-electron chi connectivity index (χ3n) is 3.49. The molecule has 1 aromatic rings. The standard InChI is InChI=1S/C13H18N2O4/c1-9-3-4-10(19-9)7-14-12(18)15-6-5-13(2,8-15)11(16)17/h3-4H,5-8H2,1-2H3,(H,14,18)(H,16,17). The molecule has 1 saturated heterocycles. The van der Waals surface area contributed by atoms with E-state index in [2.05, 4.69) is 5.32 Å². The van der Waals surface area contributed by atoms with E-state index in [1.807, 2.05) is 13.0 Å². The molecular formula is C13H18N2O4. The van der Waals surface area contributed by atoms with Crippen LogP contribution in [0.15, 0.2) is 16.5 Å². The number of nitrogens with one attached hydrogen (secondary N) is 1. The highest BCUT2D eigenvalue weighted by Gasteiger charge is 2.42. The molecule has 1 aliphatic heterocycles. The fourth-order valence-electron chi connectivity index (χ4n) is 2.16. The first-order valence-electron chi connectivity index (χ1n) is 6.22. The molecule has 2 N–H and O–H groups in total. The second-order valence-corrected chi connectivity index (χ2v) is 5.21. The van der Waals surface area contributed by atoms with Gasteiger partial charge in [0, 0.05) is 13.1 Å². The summed E-state index contributed by atoms with van der Waals surface area (Å²) in [5.74, 6) is 0.624. The van der Waals surface area contributed by atoms with E-state index in [9.17, 15) is 9.59 Å². The maximum Gasteiger partial charge on any atom is 0.317 e. The smallest absolute Gasteiger partial charge is 0.317 e. The largest absolute Gasteiger partial charge is 0.481 e. The summed E-state index contributed by atoms with van der Waals surface area (Å²) in [7, 11) is 0. The van der Waals surface area contributed by atoms with Crippen molar-refractivity contribution in [3.63, 3.8) is 0 Å². The molecule has 1 aromatic heterocycles. The van der Waals surface area contributed by atoms with Crippen LogP contribution >= 0.6 is 0 Å². The highest BCUT2D eigenvalue weighted by atomic mass is 16.4. The molecule has 1 unspecified atom stereocenters. The van der Waals surface area contributed by atoms with E-state index in [0.717, 1.165) is 5.76 Å². The van der Waals surface area contributed by atoms with Gasteiger partial charge in [-0.25, -0.2) is 4.79 Å². The van der Waals surface area contributed by atoms with Gasteiger partial charge in [-0.2, -0.15) is 0 Å². The third kappa shape index (κ3) is 2.89. The third-order valence-corrected chi connectivity index (χ3v) is 3.49. The molecule has 0 radical (unpaired) electrons. The van der Waals surface area contributed by atoms with Gasteiger partial charge in [0.25, 0.3) is 0 Å². The SMILES string of the molecule is Cc1ccc(CNC(=O)N2CCC(C)(C(=O)O)C2)o1. The lowest BCUT2D eigenvalue weighted by Crippen LogP contribution is -2.40. The van der Waals surface area contributed by atoms with E-state index >= 15 is 0 Å². The van der Waals surface area contributed by atoms with Gasteiger partial charge in [-0.1, -0.05) is 0 Å². The Morgan fingerprint density at radius 2 is 2.26 bits per heavy atom. The first kappa shape index (κ1) is 13.5. The minimum absolute atomic E-state index is 0.241. The molecule has 1 aliphatic rings. The summed E-state index contributed by atoms with van der Waals surface area (Å²) >= 11 is 0. The molecule has 0 aromatic carbocycles. The number of carboxylic acid groups (broad SMARTS) is 1. The Balaban J connectivity index is 1.86. The number of urea groups is 1. The predicted molar refractivity (Wildman–Crippen MR) is 67.6 cm³/mol. The summed E-state index contributed by atoms with van der Waals surface area (Å²) in [6, 6.07) is 3.39. The quantitative estimate of drug-likeness (QED) is 0.870. The van der Waals surface area contributed by atoms with Gasteiger partial charge < -0.3 is 19.7 Å². The van der Waals surface area contributed by atoms with Crippen LogP contribution in [0.4, 0.5) is 4.79 Å². The molecule has 2 heterocycles. The first-order chi connectivity index (χ1) is 8.90. The van der Waals surface area contributed by atoms with Gasteiger partial charge >= 0.3 is 12.0 Å². The van der Waals surface area contributed by atoms with Gasteiger partial charge in [0.15, 0.2) is 0 Å². The Labute approximate surface area is 111 Å². The van der Waals surface area contributed by atoms with Crippen LogP contribution in [-0.2, 0) is 11.3 Å². The van der Waals surface area contributed by atoms with Crippen LogP contribution in [0.25, 0.3) is 0 Å². The zero-order valence-corrected chi connectivity index (χ0v) is 11.1. The van der Waals surface area contributed by atoms with Crippen molar-refractivity contribution in [2.45, 2.75) is 26.8 Å². The minimum Gasteiger partial charge on any atom is -0.481 e. The summed E-state index contributed by atoms with van der Waals surface area (Å²) in [6.07, 6.45) is 0.482. The summed E-state index contributed by atoms with van der Waals surface area (Å²) in [5.41, 5.74) is -0.835. The Morgan fingerprint density at radius 3 is 2.79 bits per heavy atom. The highest BCUT2D eigenvalue weighted by molar-refractivity contribution is 5.79. The number of rotatable bonds is 3. The molecule has 0 spiro atoms. The Hall–Kier alpha value is -1.98. The van der Waals surface area contributed by atoms with Crippen molar-refractivity contribution in [1.29, 1.82) is 0 Å². The second-order valence-electron chi connectivity index (χ2n) is 5.21. The number of carbonyl (C=O) groups excluding carboxylic acids is 1. The zero-order valence-electron chi connectivity index (χ0n) is 11.1. The number of hydrogen-bond donors (Lipinski definition) is 2. The monoisotopic (exact) mass is 266 g/mol. The van der Waals surface area contributed by atoms with E-state index in [0.29, 0.717) is 25.3 Å². The van der Waals surface area contributed by atoms with Crippen molar-refractivity contribution >= 4 is 12.0 Å². The number of aliphatic carboxylic acids is 1. The number of carbonyl (C=O) groups is 2. The fraction of sp³-hybridized carbons (Fsp3) is 0.538. The van der Waals surface area contributed by atoms with Gasteiger partial charge in [0.05, 0.1) is 12.0 Å². The topological polar surface area (TPSA) is 82.8 Å². The van der Waals surface area contributed by atoms with Crippen LogP contribution in [-0.4, -0.2) is 35.1 Å². The van der Waals surface area contributed by atoms with Crippen molar-refractivity contribution in [2.75, 3.05) is 13.1 Å². The van der Waals surface area contributed by atoms with Crippen molar-refractivity contribution < 1.29 is 19.1 Å². The lowest BCUT2D eigenvalue weighted by atomic mass is 9.90. The molecular weight excluding hydrogens is 248 g/mol. The molecule has 0 bridgehead atoms. The van der Waals surface area contributed by atoms with E-state index in [1.54, 1.807) is 13.0 Å². The molecule has 104 valence electrons. The van der Waals surface area contributed by atoms with E-state index in [-0.39, 0.29) is 12.6 Å². The van der Waals surface area contributed by atoms with E-state index in [4.69, 9.17) is 9.52 Å². The van der Waals surface area contributed by atoms with Crippen molar-refractivity contribution in [3.8, 4) is 0 Å². The maximum atomic E-state index is 11.9. The van der Waals surface area contributed by atoms with Gasteiger partial charge in [-0.15, -0.1) is 0 Å². The second kappa shape index (κ2) is 4.95. The van der Waals surface area contributed by atoms with Crippen LogP contribution in [0.3, 0.4) is 0 Å². The van der Waals surface area contributed by atoms with Gasteiger partial charge in [-0.3, -0.25) is 4.79 Å². The molecule has 0 saturated carbocycles. The number of likely N-dealkylation sites (tertiary alicyclic amines) is 1. The summed E-state index contributed by atoms with van der Waals surface area (Å²) in [6.45, 7) is 4.52. The van der Waals surface area contributed by atoms with Crippen molar-refractivity contribution in [1.82, 2.24) is 10.2 Å². The molecule has 6 heteroatoms. The van der Waals surface area contributed by atoms with Crippen LogP contribution in [0.5, 0.6) is 0 Å². The summed E-state index contributed by atoms with van der Waals surface area (Å²) in [4.78, 5) is 24.5. The number of furan rings is 1. The Bertz CT molecular complexity index is 497. The average Bonchev–Trinajstić information content (AvgIpc) is 2.94. The molecule has 2 rings (SSSR count). The molecule has 1 atom stereocenters. The molecule has 1 fully saturated rings. The van der Waals surface area contributed by atoms with E-state index in [1.165, 1.54) is 4.90 Å². The van der Waals surface area contributed by atoms with Crippen molar-refractivity contribution in [3.05, 3.63) is 23.7 Å². The zero-order chi connectivity index (χ0) is 14.0. The summed E-state index contributed by atoms with van der Waals surface area (Å²) < 4.78 is 5.35. The molecule has 0 aliphatic carbocycles. The fourth-order valence-corrected chi connectivity index (χ4v) is 2.16. The van der Waals surface area contributed by atoms with Gasteiger partial charge in [0.1, 0.15) is 11.5 Å². The lowest BCUT2D eigenvalue weighted by molar-refractivity contribution is -0.147. The molecule has 2 amide bonds. The highest BCUT2D eigenvalue weighted by Crippen LogP contribution is 2.29. The lowest BCUT2D eigenvalue weighted by Gasteiger charge is -2.20. The van der Waals surface area contributed by atoms with Crippen molar-refractivity contribution in [2.24, 2.45) is 5.41 Å². The number of nitrogens with zero attached hydrogens (tertiary/aromatic N) is 1. The summed E-state index contributed by atoms with van der Waals surface area (Å²) in [5, 5.41) is 11.8. The normalized spacial score (nSPS) is 22.5. The van der Waals surface area contributed by atoms with E-state index < -0.39 is 11.4 Å². The average molecular weight is 266 g/mol. The van der Waals surface area contributed by atoms with Crippen LogP contribution in [0, 0.1) is 12.3 Å². The van der Waals surface area contributed by atoms with Crippen LogP contribution < -0.4 is 5.32 Å². The maximum absolute atomic E-state index is 11.9. The minimum atomic E-state index is -0.857. The Kier molecular flexibility index (Phi) is 3.50. The number of amides is 2. The first-order valence-corrected chi connectivity index (χ1v) is 6.22. The van der Waals surface area contributed by atoms with Crippen LogP contribution in [0.1, 0.15) is 24.9 Å². The van der Waals surface area contributed by atoms with Gasteiger partial charge in [0.2, 0.25) is 0 Å². The number of carboxylic acids is 1. The van der Waals surface area contributed by atoms with Gasteiger partial charge in [-0.05, 0) is 32.4 Å². The number of hydrogen-bond acceptors (Lipinski definition) is 3. The molecule has 19 heavy (non-hydrogen) atoms. The van der Waals surface area contributed by atoms with Crippen LogP contribution in [0.2, 0.25) is 0 Å². The molecule has 6 nitrogen and oxygen atoms in total. The number of aryl methyl sites for hydroxylation is 1. The predicted octanol–water partition coefficient (Wildman–Crippen LogP) is 1.59. The Morgan fingerprint density at radius 1 is 1.53 bits per heavy atom.